The minimum absolute atomic E-state index is 0. The summed E-state index contributed by atoms with van der Waals surface area (Å²) < 4.78 is 0. The largest absolute Gasteiger partial charge is 2.00 e. The molecule has 1 radical (unpaired) electrons. The van der Waals surface area contributed by atoms with E-state index in [1.165, 1.54) is 0 Å². The maximum atomic E-state index is 4.95. The third-order valence-corrected chi connectivity index (χ3v) is 5.11. The Bertz CT molecular complexity index is 1190. The van der Waals surface area contributed by atoms with Crippen LogP contribution in [0.5, 0.6) is 0 Å². The molecule has 0 saturated heterocycles. The van der Waals surface area contributed by atoms with Gasteiger partial charge >= 0.3 is 17.1 Å². The zero-order valence-electron chi connectivity index (χ0n) is 21.0. The predicted molar refractivity (Wildman–Crippen MR) is 156 cm³/mol. The third-order valence-electron chi connectivity index (χ3n) is 4.56. The van der Waals surface area contributed by atoms with E-state index in [0.29, 0.717) is 44.5 Å². The van der Waals surface area contributed by atoms with Crippen LogP contribution in [0.2, 0.25) is 0 Å². The Kier molecular flexibility index (Phi) is 13.8. The molecule has 2 N–H and O–H groups in total. The van der Waals surface area contributed by atoms with Gasteiger partial charge in [0.2, 0.25) is 0 Å². The molecule has 4 heterocycles. The van der Waals surface area contributed by atoms with Gasteiger partial charge in [-0.3, -0.25) is 40.8 Å². The average molecular weight is 596 g/mol. The van der Waals surface area contributed by atoms with E-state index >= 15 is 0 Å². The Morgan fingerprint density at radius 1 is 0.538 bits per heavy atom. The van der Waals surface area contributed by atoms with Gasteiger partial charge in [0.1, 0.15) is 11.4 Å². The molecule has 0 aliphatic heterocycles. The smallest absolute Gasteiger partial charge is 0.741 e. The van der Waals surface area contributed by atoms with Gasteiger partial charge in [0, 0.05) is 38.9 Å². The number of nitrogens with zero attached hydrogens (tertiary/aromatic N) is 8. The van der Waals surface area contributed by atoms with Crippen molar-refractivity contribution in [3.05, 3.63) is 120 Å². The van der Waals surface area contributed by atoms with E-state index in [0.717, 1.165) is 0 Å². The van der Waals surface area contributed by atoms with Gasteiger partial charge in [-0.05, 0) is 58.9 Å². The molecule has 0 amide bonds. The van der Waals surface area contributed by atoms with Crippen LogP contribution < -0.4 is 10.9 Å². The van der Waals surface area contributed by atoms with E-state index < -0.39 is 0 Å². The Balaban J connectivity index is 0.000000267. The molecule has 10 nitrogen and oxygen atoms in total. The molecule has 4 aromatic rings. The fourth-order valence-corrected chi connectivity index (χ4v) is 2.90. The van der Waals surface area contributed by atoms with E-state index in [4.69, 9.17) is 25.3 Å². The average Bonchev–Trinajstić information content (AvgIpc) is 2.99. The van der Waals surface area contributed by atoms with Crippen LogP contribution in [0, 0.1) is 0 Å². The summed E-state index contributed by atoms with van der Waals surface area (Å²) in [5.74, 6) is 0. The quantitative estimate of drug-likeness (QED) is 0.115. The fourth-order valence-electron chi connectivity index (χ4n) is 2.81. The van der Waals surface area contributed by atoms with Gasteiger partial charge in [0.15, 0.2) is 0 Å². The van der Waals surface area contributed by atoms with Gasteiger partial charge in [-0.1, -0.05) is 24.3 Å². The maximum absolute atomic E-state index is 4.95. The Morgan fingerprint density at radius 2 is 0.821 bits per heavy atom. The van der Waals surface area contributed by atoms with Gasteiger partial charge in [0.25, 0.3) is 0 Å². The Labute approximate surface area is 248 Å². The maximum Gasteiger partial charge on any atom is 2.00 e. The van der Waals surface area contributed by atoms with Crippen LogP contribution in [0.3, 0.4) is 0 Å². The van der Waals surface area contributed by atoms with Gasteiger partial charge in [-0.25, -0.2) is 0 Å². The number of hydrogen-bond acceptors (Lipinski definition) is 10. The number of nitrogens with one attached hydrogen (secondary N) is 2. The molecule has 0 saturated carbocycles. The Hall–Kier alpha value is -4.16. The van der Waals surface area contributed by atoms with Crippen molar-refractivity contribution < 1.29 is 17.1 Å². The molecule has 0 aromatic carbocycles. The second-order valence-electron chi connectivity index (χ2n) is 7.06. The van der Waals surface area contributed by atoms with Crippen LogP contribution in [0.25, 0.3) is 0 Å². The standard InChI is InChI=1S/2C13H13N5S.Mn/c2*1-14-13(19)18-17-12(10-6-2-4-8-15-10)11-7-3-5-9-16-11;/h2*2-9H,1H3,(H2,14,18,19);/q;;+2/p-2. The molecule has 0 bridgehead atoms. The third kappa shape index (κ3) is 10.3. The second-order valence-corrected chi connectivity index (χ2v) is 7.84. The van der Waals surface area contributed by atoms with Gasteiger partial charge in [-0.2, -0.15) is 10.2 Å². The summed E-state index contributed by atoms with van der Waals surface area (Å²) in [5.41, 5.74) is 9.50. The number of rotatable bonds is 6. The van der Waals surface area contributed by atoms with Gasteiger partial charge < -0.3 is 25.3 Å². The van der Waals surface area contributed by atoms with Gasteiger partial charge in [-0.15, -0.1) is 0 Å². The first-order valence-corrected chi connectivity index (χ1v) is 12.0. The number of aliphatic imine (C=N–C) groups is 2. The van der Waals surface area contributed by atoms with Crippen molar-refractivity contribution in [1.82, 2.24) is 30.8 Å². The number of hydrogen-bond donors (Lipinski definition) is 2. The first-order valence-electron chi connectivity index (χ1n) is 11.2. The van der Waals surface area contributed by atoms with E-state index in [2.05, 4.69) is 51.0 Å². The number of hydrazone groups is 2. The molecule has 0 unspecified atom stereocenters. The molecule has 0 spiro atoms. The minimum Gasteiger partial charge on any atom is -0.741 e. The van der Waals surface area contributed by atoms with Crippen molar-refractivity contribution in [3.63, 3.8) is 0 Å². The molecule has 0 aliphatic rings. The van der Waals surface area contributed by atoms with Crippen molar-refractivity contribution >= 4 is 47.0 Å². The summed E-state index contributed by atoms with van der Waals surface area (Å²) in [7, 11) is 3.21. The zero-order chi connectivity index (χ0) is 27.0. The summed E-state index contributed by atoms with van der Waals surface area (Å²) >= 11 is 9.90. The summed E-state index contributed by atoms with van der Waals surface area (Å²) in [6.07, 6.45) is 6.82. The van der Waals surface area contributed by atoms with Crippen molar-refractivity contribution in [2.45, 2.75) is 0 Å². The summed E-state index contributed by atoms with van der Waals surface area (Å²) in [4.78, 5) is 24.7. The summed E-state index contributed by atoms with van der Waals surface area (Å²) in [6, 6.07) is 22.4. The molecule has 4 rings (SSSR count). The topological polar surface area (TPSA) is 125 Å². The van der Waals surface area contributed by atoms with E-state index in [1.807, 2.05) is 72.8 Å². The predicted octanol–water partition coefficient (Wildman–Crippen LogP) is 2.70. The van der Waals surface area contributed by atoms with Crippen molar-refractivity contribution in [2.24, 2.45) is 20.2 Å². The van der Waals surface area contributed by atoms with Crippen LogP contribution in [-0.2, 0) is 42.3 Å². The van der Waals surface area contributed by atoms with Gasteiger partial charge in [0.05, 0.1) is 22.8 Å². The van der Waals surface area contributed by atoms with E-state index in [9.17, 15) is 0 Å². The first kappa shape index (κ1) is 31.1. The van der Waals surface area contributed by atoms with E-state index in [-0.39, 0.29) is 17.1 Å². The fraction of sp³-hybridized carbons (Fsp3) is 0.0769. The number of aromatic nitrogens is 4. The normalized spacial score (nSPS) is 10.6. The molecular formula is C26H24MnN10S2. The molecule has 197 valence electrons. The molecule has 4 aromatic heterocycles. The van der Waals surface area contributed by atoms with Crippen LogP contribution in [0.4, 0.5) is 0 Å². The monoisotopic (exact) mass is 595 g/mol. The summed E-state index contributed by atoms with van der Waals surface area (Å²) in [6.45, 7) is 0. The Morgan fingerprint density at radius 3 is 1.03 bits per heavy atom. The first-order chi connectivity index (χ1) is 18.6. The van der Waals surface area contributed by atoms with Crippen molar-refractivity contribution in [2.75, 3.05) is 14.1 Å². The molecule has 13 heteroatoms. The molecule has 39 heavy (non-hydrogen) atoms. The molecule has 0 fully saturated rings. The van der Waals surface area contributed by atoms with Crippen molar-refractivity contribution in [3.8, 4) is 0 Å². The van der Waals surface area contributed by atoms with Crippen LogP contribution in [0.15, 0.2) is 118 Å². The minimum atomic E-state index is 0. The molecule has 0 atom stereocenters. The van der Waals surface area contributed by atoms with Crippen LogP contribution in [0.1, 0.15) is 22.8 Å². The van der Waals surface area contributed by atoms with E-state index in [1.54, 1.807) is 38.9 Å². The van der Waals surface area contributed by atoms with Crippen LogP contribution in [-0.4, -0.2) is 55.8 Å². The molecular weight excluding hydrogens is 571 g/mol. The number of amidine groups is 2. The zero-order valence-corrected chi connectivity index (χ0v) is 23.8. The van der Waals surface area contributed by atoms with Crippen molar-refractivity contribution in [1.29, 1.82) is 0 Å². The second kappa shape index (κ2) is 17.4. The molecule has 0 aliphatic carbocycles. The summed E-state index contributed by atoms with van der Waals surface area (Å²) in [5, 5.41) is 9.10. The van der Waals surface area contributed by atoms with Crippen LogP contribution >= 0.6 is 0 Å². The SMILES string of the molecule is CN=C([S-])NN=C(c1ccccn1)c1ccccn1.CN=C([S-])NN=C(c1ccccn1)c1ccccn1.[Mn+2]. The number of pyridine rings is 4.